The third-order valence-corrected chi connectivity index (χ3v) is 2.78. The Morgan fingerprint density at radius 1 is 1.19 bits per heavy atom. The summed E-state index contributed by atoms with van der Waals surface area (Å²) in [5.41, 5.74) is 0.166. The van der Waals surface area contributed by atoms with Crippen molar-refractivity contribution in [2.75, 3.05) is 19.8 Å². The van der Waals surface area contributed by atoms with Gasteiger partial charge >= 0.3 is 0 Å². The highest BCUT2D eigenvalue weighted by Gasteiger charge is 2.26. The third-order valence-electron chi connectivity index (χ3n) is 2.78. The molecule has 88 valence electrons. The summed E-state index contributed by atoms with van der Waals surface area (Å²) in [6, 6.07) is 3.28. The number of hydrogen-bond acceptors (Lipinski definition) is 4. The van der Waals surface area contributed by atoms with Crippen LogP contribution in [0.5, 0.6) is 17.2 Å². The first-order chi connectivity index (χ1) is 7.54. The minimum Gasteiger partial charge on any atom is -0.508 e. The van der Waals surface area contributed by atoms with Gasteiger partial charge in [0.15, 0.2) is 11.5 Å². The summed E-state index contributed by atoms with van der Waals surface area (Å²) >= 11 is 0. The molecular weight excluding hydrogens is 208 g/mol. The van der Waals surface area contributed by atoms with Crippen molar-refractivity contribution in [2.45, 2.75) is 19.3 Å². The lowest BCUT2D eigenvalue weighted by atomic mass is 9.84. The Morgan fingerprint density at radius 3 is 2.31 bits per heavy atom. The van der Waals surface area contributed by atoms with Crippen molar-refractivity contribution in [3.8, 4) is 17.2 Å². The molecule has 0 spiro atoms. The van der Waals surface area contributed by atoms with E-state index in [0.717, 1.165) is 0 Å². The number of phenolic OH excluding ortho intramolecular Hbond substituents is 1. The van der Waals surface area contributed by atoms with Crippen molar-refractivity contribution in [3.63, 3.8) is 0 Å². The van der Waals surface area contributed by atoms with E-state index in [1.165, 1.54) is 0 Å². The molecule has 4 heteroatoms. The number of fused-ring (bicyclic) bond motifs is 1. The highest BCUT2D eigenvalue weighted by atomic mass is 16.6. The highest BCUT2D eigenvalue weighted by molar-refractivity contribution is 5.53. The van der Waals surface area contributed by atoms with E-state index in [-0.39, 0.29) is 12.4 Å². The van der Waals surface area contributed by atoms with Gasteiger partial charge in [-0.1, -0.05) is 13.8 Å². The van der Waals surface area contributed by atoms with Gasteiger partial charge in [-0.2, -0.15) is 0 Å². The predicted octanol–water partition coefficient (Wildman–Crippen LogP) is 1.43. The van der Waals surface area contributed by atoms with Gasteiger partial charge in [0.25, 0.3) is 0 Å². The van der Waals surface area contributed by atoms with Crippen molar-refractivity contribution < 1.29 is 19.7 Å². The number of benzene rings is 1. The molecule has 0 saturated heterocycles. The standard InChI is InChI=1S/C12H16O4/c1-12(2,7-13)8-5-10-11(6-9(8)14)16-4-3-15-10/h5-6,13-14H,3-4,7H2,1-2H3. The van der Waals surface area contributed by atoms with E-state index < -0.39 is 5.41 Å². The van der Waals surface area contributed by atoms with Crippen LogP contribution < -0.4 is 9.47 Å². The van der Waals surface area contributed by atoms with Gasteiger partial charge in [0.05, 0.1) is 6.61 Å². The van der Waals surface area contributed by atoms with Crippen molar-refractivity contribution >= 4 is 0 Å². The smallest absolute Gasteiger partial charge is 0.165 e. The summed E-state index contributed by atoms with van der Waals surface area (Å²) in [5.74, 6) is 1.31. The molecule has 0 aliphatic carbocycles. The van der Waals surface area contributed by atoms with E-state index in [9.17, 15) is 10.2 Å². The average molecular weight is 224 g/mol. The number of ether oxygens (including phenoxy) is 2. The first-order valence-corrected chi connectivity index (χ1v) is 5.28. The minimum atomic E-state index is -0.500. The van der Waals surface area contributed by atoms with Crippen LogP contribution in [0.3, 0.4) is 0 Å². The summed E-state index contributed by atoms with van der Waals surface area (Å²) < 4.78 is 10.8. The van der Waals surface area contributed by atoms with Crippen molar-refractivity contribution in [2.24, 2.45) is 0 Å². The van der Waals surface area contributed by atoms with Crippen LogP contribution in [-0.4, -0.2) is 30.0 Å². The van der Waals surface area contributed by atoms with Gasteiger partial charge in [-0.3, -0.25) is 0 Å². The maximum Gasteiger partial charge on any atom is 0.165 e. The SMILES string of the molecule is CC(C)(CO)c1cc2c(cc1O)OCCO2. The molecule has 0 saturated carbocycles. The Morgan fingerprint density at radius 2 is 1.75 bits per heavy atom. The Labute approximate surface area is 94.4 Å². The second-order valence-corrected chi connectivity index (χ2v) is 4.56. The molecule has 0 radical (unpaired) electrons. The number of aliphatic hydroxyl groups excluding tert-OH is 1. The van der Waals surface area contributed by atoms with E-state index in [0.29, 0.717) is 30.3 Å². The maximum atomic E-state index is 9.89. The van der Waals surface area contributed by atoms with Crippen LogP contribution in [0.1, 0.15) is 19.4 Å². The van der Waals surface area contributed by atoms with Gasteiger partial charge in [0.2, 0.25) is 0 Å². The third kappa shape index (κ3) is 1.80. The van der Waals surface area contributed by atoms with Gasteiger partial charge in [-0.05, 0) is 6.07 Å². The van der Waals surface area contributed by atoms with E-state index >= 15 is 0 Å². The van der Waals surface area contributed by atoms with Crippen molar-refractivity contribution in [3.05, 3.63) is 17.7 Å². The summed E-state index contributed by atoms with van der Waals surface area (Å²) in [5, 5.41) is 19.2. The molecule has 0 bridgehead atoms. The first-order valence-electron chi connectivity index (χ1n) is 5.28. The lowest BCUT2D eigenvalue weighted by Gasteiger charge is -2.26. The largest absolute Gasteiger partial charge is 0.508 e. The molecular formula is C12H16O4. The van der Waals surface area contributed by atoms with Gasteiger partial charge in [0, 0.05) is 17.0 Å². The second-order valence-electron chi connectivity index (χ2n) is 4.56. The van der Waals surface area contributed by atoms with Gasteiger partial charge in [0.1, 0.15) is 19.0 Å². The number of aliphatic hydroxyl groups is 1. The normalized spacial score (nSPS) is 14.9. The Kier molecular flexibility index (Phi) is 2.68. The zero-order valence-electron chi connectivity index (χ0n) is 9.49. The minimum absolute atomic E-state index is 0.0415. The second kappa shape index (κ2) is 3.87. The number of aromatic hydroxyl groups is 1. The molecule has 2 rings (SSSR count). The van der Waals surface area contributed by atoms with Gasteiger partial charge in [-0.15, -0.1) is 0 Å². The molecule has 4 nitrogen and oxygen atoms in total. The number of phenols is 1. The quantitative estimate of drug-likeness (QED) is 0.798. The Balaban J connectivity index is 2.47. The summed E-state index contributed by atoms with van der Waals surface area (Å²) in [4.78, 5) is 0. The molecule has 1 aliphatic rings. The van der Waals surface area contributed by atoms with Crippen LogP contribution in [0, 0.1) is 0 Å². The molecule has 16 heavy (non-hydrogen) atoms. The van der Waals surface area contributed by atoms with Crippen molar-refractivity contribution in [1.82, 2.24) is 0 Å². The Hall–Kier alpha value is -1.42. The van der Waals surface area contributed by atoms with E-state index in [1.54, 1.807) is 12.1 Å². The lowest BCUT2D eigenvalue weighted by molar-refractivity contribution is 0.169. The Bertz CT molecular complexity index is 398. The molecule has 0 atom stereocenters. The summed E-state index contributed by atoms with van der Waals surface area (Å²) in [7, 11) is 0. The lowest BCUT2D eigenvalue weighted by Crippen LogP contribution is -2.23. The molecule has 1 heterocycles. The zero-order chi connectivity index (χ0) is 11.8. The fourth-order valence-electron chi connectivity index (χ4n) is 1.71. The zero-order valence-corrected chi connectivity index (χ0v) is 9.49. The van der Waals surface area contributed by atoms with Crippen LogP contribution in [0.15, 0.2) is 12.1 Å². The van der Waals surface area contributed by atoms with Crippen LogP contribution in [0.2, 0.25) is 0 Å². The van der Waals surface area contributed by atoms with Crippen LogP contribution >= 0.6 is 0 Å². The average Bonchev–Trinajstić information content (AvgIpc) is 2.28. The van der Waals surface area contributed by atoms with E-state index in [2.05, 4.69) is 0 Å². The summed E-state index contributed by atoms with van der Waals surface area (Å²) in [6.45, 7) is 4.68. The van der Waals surface area contributed by atoms with Crippen molar-refractivity contribution in [1.29, 1.82) is 0 Å². The molecule has 0 fully saturated rings. The molecule has 1 aromatic rings. The van der Waals surface area contributed by atoms with Crippen LogP contribution in [0.25, 0.3) is 0 Å². The molecule has 1 aromatic carbocycles. The van der Waals surface area contributed by atoms with Gasteiger partial charge in [-0.25, -0.2) is 0 Å². The fourth-order valence-corrected chi connectivity index (χ4v) is 1.71. The van der Waals surface area contributed by atoms with Crippen LogP contribution in [0.4, 0.5) is 0 Å². The van der Waals surface area contributed by atoms with Crippen LogP contribution in [-0.2, 0) is 5.41 Å². The van der Waals surface area contributed by atoms with E-state index in [4.69, 9.17) is 9.47 Å². The fraction of sp³-hybridized carbons (Fsp3) is 0.500. The molecule has 2 N–H and O–H groups in total. The maximum absolute atomic E-state index is 9.89. The highest BCUT2D eigenvalue weighted by Crippen LogP contribution is 2.40. The molecule has 1 aliphatic heterocycles. The summed E-state index contributed by atoms with van der Waals surface area (Å²) in [6.07, 6.45) is 0. The molecule has 0 amide bonds. The number of rotatable bonds is 2. The topological polar surface area (TPSA) is 58.9 Å². The molecule has 0 aromatic heterocycles. The predicted molar refractivity (Wildman–Crippen MR) is 59.2 cm³/mol. The number of hydrogen-bond donors (Lipinski definition) is 2. The first kappa shape index (κ1) is 11.1. The van der Waals surface area contributed by atoms with Gasteiger partial charge < -0.3 is 19.7 Å². The molecule has 0 unspecified atom stereocenters. The van der Waals surface area contributed by atoms with E-state index in [1.807, 2.05) is 13.8 Å². The monoisotopic (exact) mass is 224 g/mol.